The van der Waals surface area contributed by atoms with Gasteiger partial charge in [0.05, 0.1) is 33.3 Å². The molecule has 0 aliphatic carbocycles. The minimum Gasteiger partial charge on any atom is -0.307 e. The number of hydrogen-bond acceptors (Lipinski definition) is 4. The zero-order valence-electron chi connectivity index (χ0n) is 25.4. The van der Waals surface area contributed by atoms with E-state index in [1.54, 1.807) is 0 Å². The normalized spacial score (nSPS) is 11.7. The Labute approximate surface area is 265 Å². The molecule has 0 aliphatic heterocycles. The van der Waals surface area contributed by atoms with E-state index >= 15 is 0 Å². The van der Waals surface area contributed by atoms with Gasteiger partial charge in [0.15, 0.2) is 11.6 Å². The Morgan fingerprint density at radius 3 is 1.70 bits per heavy atom. The molecular formula is C40H28N6. The van der Waals surface area contributed by atoms with E-state index in [4.69, 9.17) is 19.9 Å². The Morgan fingerprint density at radius 1 is 0.478 bits per heavy atom. The third-order valence-electron chi connectivity index (χ3n) is 8.73. The van der Waals surface area contributed by atoms with E-state index in [1.807, 2.05) is 72.9 Å². The van der Waals surface area contributed by atoms with E-state index < -0.39 is 0 Å². The van der Waals surface area contributed by atoms with Crippen molar-refractivity contribution in [3.05, 3.63) is 145 Å². The number of para-hydroxylation sites is 1. The fourth-order valence-electron chi connectivity index (χ4n) is 6.66. The van der Waals surface area contributed by atoms with E-state index in [2.05, 4.69) is 83.6 Å². The first-order valence-electron chi connectivity index (χ1n) is 15.4. The van der Waals surface area contributed by atoms with Crippen LogP contribution in [0.5, 0.6) is 0 Å². The van der Waals surface area contributed by atoms with Crippen LogP contribution in [0.25, 0.3) is 78.2 Å². The lowest BCUT2D eigenvalue weighted by molar-refractivity contribution is 0.949. The van der Waals surface area contributed by atoms with E-state index in [9.17, 15) is 0 Å². The molecule has 218 valence electrons. The van der Waals surface area contributed by atoms with Gasteiger partial charge in [-0.2, -0.15) is 9.97 Å². The minimum atomic E-state index is 0.542. The van der Waals surface area contributed by atoms with Gasteiger partial charge < -0.3 is 4.57 Å². The third-order valence-corrected chi connectivity index (χ3v) is 8.73. The number of benzene rings is 5. The third kappa shape index (κ3) is 4.04. The maximum atomic E-state index is 5.15. The molecule has 0 N–H and O–H groups in total. The molecule has 0 amide bonds. The number of pyridine rings is 1. The first-order valence-corrected chi connectivity index (χ1v) is 15.4. The molecule has 6 heteroatoms. The lowest BCUT2D eigenvalue weighted by atomic mass is 10.1. The monoisotopic (exact) mass is 592 g/mol. The molecule has 0 fully saturated rings. The number of aromatic nitrogens is 6. The predicted molar refractivity (Wildman–Crippen MR) is 187 cm³/mol. The van der Waals surface area contributed by atoms with Crippen LogP contribution in [-0.2, 0) is 0 Å². The molecule has 0 unspecified atom stereocenters. The molecule has 4 aromatic heterocycles. The second-order valence-electron chi connectivity index (χ2n) is 11.8. The van der Waals surface area contributed by atoms with Gasteiger partial charge in [0.1, 0.15) is 0 Å². The van der Waals surface area contributed by atoms with Crippen LogP contribution < -0.4 is 0 Å². The molecule has 5 aromatic carbocycles. The first kappa shape index (κ1) is 26.3. The summed E-state index contributed by atoms with van der Waals surface area (Å²) in [6, 6.07) is 44.1. The Bertz CT molecular complexity index is 2480. The van der Waals surface area contributed by atoms with Crippen molar-refractivity contribution >= 4 is 43.7 Å². The van der Waals surface area contributed by atoms with Crippen LogP contribution in [0.3, 0.4) is 0 Å². The summed E-state index contributed by atoms with van der Waals surface area (Å²) in [4.78, 5) is 20.1. The largest absolute Gasteiger partial charge is 0.307 e. The highest BCUT2D eigenvalue weighted by molar-refractivity contribution is 6.14. The second-order valence-corrected chi connectivity index (χ2v) is 11.8. The standard InChI is InChI=1S/C40H28N6/c1-25-18-20-32-30(23-25)31-24-26(2)19-21-33(31)45(32)35-16-9-15-29-36-34(17-10-22-41-36)46(37(29)35)40-43-38(27-11-5-3-6-12-27)42-39(44-40)28-13-7-4-8-14-28/h3-24H,1-2H3. The van der Waals surface area contributed by atoms with Crippen LogP contribution in [0.2, 0.25) is 0 Å². The van der Waals surface area contributed by atoms with E-state index in [0.717, 1.165) is 49.8 Å². The minimum absolute atomic E-state index is 0.542. The maximum absolute atomic E-state index is 5.15. The summed E-state index contributed by atoms with van der Waals surface area (Å²) >= 11 is 0. The van der Waals surface area contributed by atoms with Crippen molar-refractivity contribution in [2.75, 3.05) is 0 Å². The molecule has 0 radical (unpaired) electrons. The molecule has 9 aromatic rings. The Kier molecular flexibility index (Phi) is 5.83. The lowest BCUT2D eigenvalue weighted by Crippen LogP contribution is -2.08. The molecule has 0 saturated heterocycles. The molecule has 0 bridgehead atoms. The molecular weight excluding hydrogens is 564 g/mol. The van der Waals surface area contributed by atoms with Crippen molar-refractivity contribution in [2.24, 2.45) is 0 Å². The predicted octanol–water partition coefficient (Wildman–Crippen LogP) is 9.41. The van der Waals surface area contributed by atoms with Crippen molar-refractivity contribution in [3.63, 3.8) is 0 Å². The highest BCUT2D eigenvalue weighted by atomic mass is 15.2. The van der Waals surface area contributed by atoms with Crippen molar-refractivity contribution in [1.29, 1.82) is 0 Å². The lowest BCUT2D eigenvalue weighted by Gasteiger charge is -2.14. The average Bonchev–Trinajstić information content (AvgIpc) is 3.61. The van der Waals surface area contributed by atoms with E-state index in [0.29, 0.717) is 17.6 Å². The summed E-state index contributed by atoms with van der Waals surface area (Å²) in [7, 11) is 0. The van der Waals surface area contributed by atoms with Gasteiger partial charge in [0.2, 0.25) is 5.95 Å². The van der Waals surface area contributed by atoms with Crippen LogP contribution in [0.15, 0.2) is 134 Å². The van der Waals surface area contributed by atoms with E-state index in [1.165, 1.54) is 21.9 Å². The van der Waals surface area contributed by atoms with Crippen LogP contribution in [-0.4, -0.2) is 29.1 Å². The van der Waals surface area contributed by atoms with Crippen molar-refractivity contribution < 1.29 is 0 Å². The zero-order chi connectivity index (χ0) is 30.8. The summed E-state index contributed by atoms with van der Waals surface area (Å²) in [5, 5.41) is 3.49. The maximum Gasteiger partial charge on any atom is 0.238 e. The molecule has 4 heterocycles. The van der Waals surface area contributed by atoms with Crippen molar-refractivity contribution in [1.82, 2.24) is 29.1 Å². The fourth-order valence-corrected chi connectivity index (χ4v) is 6.66. The number of hydrogen-bond donors (Lipinski definition) is 0. The highest BCUT2D eigenvalue weighted by Gasteiger charge is 2.23. The summed E-state index contributed by atoms with van der Waals surface area (Å²) in [6.07, 6.45) is 1.85. The van der Waals surface area contributed by atoms with Crippen molar-refractivity contribution in [2.45, 2.75) is 13.8 Å². The van der Waals surface area contributed by atoms with Crippen LogP contribution in [0.4, 0.5) is 0 Å². The number of rotatable bonds is 4. The van der Waals surface area contributed by atoms with Crippen LogP contribution in [0, 0.1) is 13.8 Å². The average molecular weight is 593 g/mol. The van der Waals surface area contributed by atoms with Gasteiger partial charge in [-0.15, -0.1) is 0 Å². The Morgan fingerprint density at radius 2 is 1.09 bits per heavy atom. The first-order chi connectivity index (χ1) is 22.6. The van der Waals surface area contributed by atoms with Crippen LogP contribution in [0.1, 0.15) is 11.1 Å². The van der Waals surface area contributed by atoms with Crippen LogP contribution >= 0.6 is 0 Å². The summed E-state index contributed by atoms with van der Waals surface area (Å²) in [5.41, 5.74) is 10.5. The molecule has 0 saturated carbocycles. The van der Waals surface area contributed by atoms with Crippen molar-refractivity contribution in [3.8, 4) is 34.4 Å². The number of fused-ring (bicyclic) bond motifs is 6. The Balaban J connectivity index is 1.43. The molecule has 0 atom stereocenters. The highest BCUT2D eigenvalue weighted by Crippen LogP contribution is 2.39. The Hall–Kier alpha value is -6.14. The summed E-state index contributed by atoms with van der Waals surface area (Å²) in [5.74, 6) is 1.77. The quantitative estimate of drug-likeness (QED) is 0.204. The van der Waals surface area contributed by atoms with Gasteiger partial charge in [0, 0.05) is 33.5 Å². The smallest absolute Gasteiger partial charge is 0.238 e. The molecule has 6 nitrogen and oxygen atoms in total. The SMILES string of the molecule is Cc1ccc2c(c1)c1cc(C)ccc1n2-c1cccc2c3ncccc3n(-c3nc(-c4ccccc4)nc(-c4ccccc4)n3)c12. The second kappa shape index (κ2) is 10.2. The number of aryl methyl sites for hydroxylation is 2. The molecule has 0 aliphatic rings. The van der Waals surface area contributed by atoms with Gasteiger partial charge >= 0.3 is 0 Å². The zero-order valence-corrected chi connectivity index (χ0v) is 25.4. The van der Waals surface area contributed by atoms with Gasteiger partial charge in [-0.1, -0.05) is 96.1 Å². The summed E-state index contributed by atoms with van der Waals surface area (Å²) < 4.78 is 4.53. The molecule has 0 spiro atoms. The summed E-state index contributed by atoms with van der Waals surface area (Å²) in [6.45, 7) is 4.30. The molecule has 46 heavy (non-hydrogen) atoms. The molecule has 9 rings (SSSR count). The van der Waals surface area contributed by atoms with Gasteiger partial charge in [-0.25, -0.2) is 4.98 Å². The topological polar surface area (TPSA) is 61.4 Å². The number of nitrogens with zero attached hydrogens (tertiary/aromatic N) is 6. The van der Waals surface area contributed by atoms with Gasteiger partial charge in [-0.3, -0.25) is 9.55 Å². The van der Waals surface area contributed by atoms with Gasteiger partial charge in [0.25, 0.3) is 0 Å². The van der Waals surface area contributed by atoms with Gasteiger partial charge in [-0.05, 0) is 56.3 Å². The fraction of sp³-hybridized carbons (Fsp3) is 0.0500. The van der Waals surface area contributed by atoms with E-state index in [-0.39, 0.29) is 0 Å².